The second kappa shape index (κ2) is 6.68. The largest absolute Gasteiger partial charge is 0.352 e. The topological polar surface area (TPSA) is 89.3 Å². The van der Waals surface area contributed by atoms with Crippen molar-refractivity contribution in [2.75, 3.05) is 6.54 Å². The standard InChI is InChI=1S/C13H20N2O3S/c1-3-10(4-2)9-15-13(16)11-6-5-7-12(8-11)19(14,17)18/h5-8,10H,3-4,9H2,1-2H3,(H,15,16)(H2,14,17,18). The van der Waals surface area contributed by atoms with Crippen LogP contribution in [0.2, 0.25) is 0 Å². The second-order valence-corrected chi connectivity index (χ2v) is 6.03. The van der Waals surface area contributed by atoms with Crippen molar-refractivity contribution in [1.29, 1.82) is 0 Å². The molecule has 0 aromatic heterocycles. The van der Waals surface area contributed by atoms with Gasteiger partial charge in [-0.2, -0.15) is 0 Å². The molecule has 0 saturated carbocycles. The van der Waals surface area contributed by atoms with Gasteiger partial charge in [0.05, 0.1) is 4.90 Å². The number of nitrogens with two attached hydrogens (primary N) is 1. The third kappa shape index (κ3) is 4.65. The fourth-order valence-electron chi connectivity index (χ4n) is 1.73. The van der Waals surface area contributed by atoms with Crippen LogP contribution < -0.4 is 10.5 Å². The number of hydrogen-bond acceptors (Lipinski definition) is 3. The fraction of sp³-hybridized carbons (Fsp3) is 0.462. The van der Waals surface area contributed by atoms with E-state index >= 15 is 0 Å². The molecule has 0 atom stereocenters. The van der Waals surface area contributed by atoms with Crippen molar-refractivity contribution in [2.45, 2.75) is 31.6 Å². The van der Waals surface area contributed by atoms with Crippen LogP contribution >= 0.6 is 0 Å². The Morgan fingerprint density at radius 2 is 1.95 bits per heavy atom. The molecule has 0 aliphatic carbocycles. The molecule has 0 spiro atoms. The van der Waals surface area contributed by atoms with Gasteiger partial charge in [-0.15, -0.1) is 0 Å². The predicted molar refractivity (Wildman–Crippen MR) is 74.2 cm³/mol. The zero-order chi connectivity index (χ0) is 14.5. The minimum Gasteiger partial charge on any atom is -0.352 e. The predicted octanol–water partition coefficient (Wildman–Crippen LogP) is 1.50. The van der Waals surface area contributed by atoms with E-state index in [9.17, 15) is 13.2 Å². The van der Waals surface area contributed by atoms with Gasteiger partial charge in [-0.25, -0.2) is 13.6 Å². The lowest BCUT2D eigenvalue weighted by molar-refractivity contribution is 0.0946. The van der Waals surface area contributed by atoms with E-state index in [-0.39, 0.29) is 10.8 Å². The number of sulfonamides is 1. The van der Waals surface area contributed by atoms with Gasteiger partial charge in [0.1, 0.15) is 0 Å². The molecule has 0 fully saturated rings. The van der Waals surface area contributed by atoms with Gasteiger partial charge < -0.3 is 5.32 Å². The van der Waals surface area contributed by atoms with Gasteiger partial charge in [0.25, 0.3) is 5.91 Å². The van der Waals surface area contributed by atoms with Crippen LogP contribution in [-0.2, 0) is 10.0 Å². The lowest BCUT2D eigenvalue weighted by atomic mass is 10.0. The Bertz CT molecular complexity index is 537. The minimum atomic E-state index is -3.78. The van der Waals surface area contributed by atoms with Gasteiger partial charge in [0, 0.05) is 12.1 Å². The van der Waals surface area contributed by atoms with Crippen molar-refractivity contribution < 1.29 is 13.2 Å². The van der Waals surface area contributed by atoms with Crippen molar-refractivity contribution in [3.63, 3.8) is 0 Å². The van der Waals surface area contributed by atoms with Crippen LogP contribution in [0.3, 0.4) is 0 Å². The maximum absolute atomic E-state index is 11.9. The van der Waals surface area contributed by atoms with Gasteiger partial charge in [0.15, 0.2) is 0 Å². The van der Waals surface area contributed by atoms with Gasteiger partial charge in [-0.05, 0) is 24.1 Å². The Hall–Kier alpha value is -1.40. The van der Waals surface area contributed by atoms with Crippen LogP contribution in [0, 0.1) is 5.92 Å². The maximum atomic E-state index is 11.9. The first-order chi connectivity index (χ1) is 8.88. The average molecular weight is 284 g/mol. The normalized spacial score (nSPS) is 11.6. The summed E-state index contributed by atoms with van der Waals surface area (Å²) in [7, 11) is -3.78. The smallest absolute Gasteiger partial charge is 0.251 e. The summed E-state index contributed by atoms with van der Waals surface area (Å²) in [5, 5.41) is 7.84. The Balaban J connectivity index is 2.78. The zero-order valence-corrected chi connectivity index (χ0v) is 12.0. The number of carbonyl (C=O) groups is 1. The molecule has 3 N–H and O–H groups in total. The number of hydrogen-bond donors (Lipinski definition) is 2. The highest BCUT2D eigenvalue weighted by Crippen LogP contribution is 2.10. The van der Waals surface area contributed by atoms with Crippen molar-refractivity contribution in [3.05, 3.63) is 29.8 Å². The van der Waals surface area contributed by atoms with E-state index in [1.165, 1.54) is 18.2 Å². The average Bonchev–Trinajstić information content (AvgIpc) is 2.39. The first kappa shape index (κ1) is 15.7. The summed E-state index contributed by atoms with van der Waals surface area (Å²) in [5.41, 5.74) is 0.303. The molecule has 5 nitrogen and oxygen atoms in total. The summed E-state index contributed by atoms with van der Waals surface area (Å²) >= 11 is 0. The van der Waals surface area contributed by atoms with Crippen molar-refractivity contribution in [3.8, 4) is 0 Å². The molecule has 1 aromatic carbocycles. The van der Waals surface area contributed by atoms with Crippen LogP contribution in [0.15, 0.2) is 29.2 Å². The molecule has 6 heteroatoms. The Morgan fingerprint density at radius 1 is 1.32 bits per heavy atom. The monoisotopic (exact) mass is 284 g/mol. The highest BCUT2D eigenvalue weighted by Gasteiger charge is 2.12. The summed E-state index contributed by atoms with van der Waals surface area (Å²) in [4.78, 5) is 11.9. The molecule has 1 rings (SSSR count). The van der Waals surface area contributed by atoms with Gasteiger partial charge in [-0.3, -0.25) is 4.79 Å². The quantitative estimate of drug-likeness (QED) is 0.829. The fourth-order valence-corrected chi connectivity index (χ4v) is 2.29. The summed E-state index contributed by atoms with van der Waals surface area (Å²) in [6.45, 7) is 4.73. The third-order valence-electron chi connectivity index (χ3n) is 3.13. The summed E-state index contributed by atoms with van der Waals surface area (Å²) in [5.74, 6) is 0.155. The minimum absolute atomic E-state index is 0.0531. The highest BCUT2D eigenvalue weighted by molar-refractivity contribution is 7.89. The SMILES string of the molecule is CCC(CC)CNC(=O)c1cccc(S(N)(=O)=O)c1. The molecular weight excluding hydrogens is 264 g/mol. The van der Waals surface area contributed by atoms with Gasteiger partial charge >= 0.3 is 0 Å². The molecule has 0 bridgehead atoms. The molecule has 0 radical (unpaired) electrons. The lowest BCUT2D eigenvalue weighted by Crippen LogP contribution is -2.29. The van der Waals surface area contributed by atoms with E-state index in [1.54, 1.807) is 6.07 Å². The van der Waals surface area contributed by atoms with Gasteiger partial charge in [0.2, 0.25) is 10.0 Å². The van der Waals surface area contributed by atoms with Gasteiger partial charge in [-0.1, -0.05) is 32.8 Å². The van der Waals surface area contributed by atoms with Crippen LogP contribution in [0.25, 0.3) is 0 Å². The van der Waals surface area contributed by atoms with E-state index < -0.39 is 10.0 Å². The summed E-state index contributed by atoms with van der Waals surface area (Å²) in [6, 6.07) is 5.73. The zero-order valence-electron chi connectivity index (χ0n) is 11.2. The number of nitrogens with one attached hydrogen (secondary N) is 1. The molecule has 0 aliphatic rings. The number of primary sulfonamides is 1. The van der Waals surface area contributed by atoms with Crippen molar-refractivity contribution in [1.82, 2.24) is 5.32 Å². The van der Waals surface area contributed by atoms with E-state index in [0.29, 0.717) is 18.0 Å². The lowest BCUT2D eigenvalue weighted by Gasteiger charge is -2.13. The number of carbonyl (C=O) groups excluding carboxylic acids is 1. The Labute approximate surface area is 114 Å². The molecule has 1 amide bonds. The van der Waals surface area contributed by atoms with E-state index in [4.69, 9.17) is 5.14 Å². The molecular formula is C13H20N2O3S. The molecule has 106 valence electrons. The molecule has 19 heavy (non-hydrogen) atoms. The van der Waals surface area contributed by atoms with Crippen LogP contribution in [-0.4, -0.2) is 20.9 Å². The summed E-state index contributed by atoms with van der Waals surface area (Å²) in [6.07, 6.45) is 1.99. The van der Waals surface area contributed by atoms with E-state index in [2.05, 4.69) is 19.2 Å². The number of amides is 1. The van der Waals surface area contributed by atoms with Crippen molar-refractivity contribution in [2.24, 2.45) is 11.1 Å². The van der Waals surface area contributed by atoms with Crippen molar-refractivity contribution >= 4 is 15.9 Å². The molecule has 0 unspecified atom stereocenters. The molecule has 0 saturated heterocycles. The molecule has 0 aliphatic heterocycles. The first-order valence-electron chi connectivity index (χ1n) is 6.29. The highest BCUT2D eigenvalue weighted by atomic mass is 32.2. The Kier molecular flexibility index (Phi) is 5.50. The summed E-state index contributed by atoms with van der Waals surface area (Å²) < 4.78 is 22.4. The first-order valence-corrected chi connectivity index (χ1v) is 7.84. The van der Waals surface area contributed by atoms with Crippen LogP contribution in [0.4, 0.5) is 0 Å². The molecule has 0 heterocycles. The second-order valence-electron chi connectivity index (χ2n) is 4.47. The van der Waals surface area contributed by atoms with E-state index in [1.807, 2.05) is 0 Å². The maximum Gasteiger partial charge on any atom is 0.251 e. The Morgan fingerprint density at radius 3 is 2.47 bits per heavy atom. The number of rotatable bonds is 6. The molecule has 1 aromatic rings. The van der Waals surface area contributed by atoms with Crippen LogP contribution in [0.1, 0.15) is 37.0 Å². The van der Waals surface area contributed by atoms with Crippen LogP contribution in [0.5, 0.6) is 0 Å². The van der Waals surface area contributed by atoms with E-state index in [0.717, 1.165) is 12.8 Å². The number of benzene rings is 1. The third-order valence-corrected chi connectivity index (χ3v) is 4.04.